The number of aliphatic hydroxyl groups excluding tert-OH is 2. The number of nitrogens with one attached hydrogen (secondary N) is 1. The molecule has 32 heavy (non-hydrogen) atoms. The molecule has 4 unspecified atom stereocenters. The molecule has 0 spiro atoms. The maximum Gasteiger partial charge on any atom is 0.243 e. The van der Waals surface area contributed by atoms with Gasteiger partial charge >= 0.3 is 0 Å². The molecule has 2 aromatic rings. The van der Waals surface area contributed by atoms with Gasteiger partial charge in [0.1, 0.15) is 6.04 Å². The lowest BCUT2D eigenvalue weighted by Crippen LogP contribution is -2.55. The molecule has 0 bridgehead atoms. The van der Waals surface area contributed by atoms with E-state index in [1.54, 1.807) is 16.8 Å². The molecule has 8 nitrogen and oxygen atoms in total. The van der Waals surface area contributed by atoms with Gasteiger partial charge in [-0.05, 0) is 23.5 Å². The van der Waals surface area contributed by atoms with Crippen molar-refractivity contribution in [2.24, 2.45) is 11.1 Å². The number of nitrogens with two attached hydrogens (primary N) is 1. The third-order valence-corrected chi connectivity index (χ3v) is 6.86. The normalized spacial score (nSPS) is 20.8. The van der Waals surface area contributed by atoms with E-state index in [4.69, 9.17) is 5.73 Å². The summed E-state index contributed by atoms with van der Waals surface area (Å²) < 4.78 is 0. The zero-order valence-electron chi connectivity index (χ0n) is 18.9. The zero-order valence-corrected chi connectivity index (χ0v) is 19.7. The number of carbonyl (C=O) groups is 2. The molecule has 1 aliphatic heterocycles. The van der Waals surface area contributed by atoms with E-state index in [2.05, 4.69) is 10.3 Å². The van der Waals surface area contributed by atoms with Crippen molar-refractivity contribution < 1.29 is 19.8 Å². The summed E-state index contributed by atoms with van der Waals surface area (Å²) in [6.07, 6.45) is -0.660. The Bertz CT molecular complexity index is 954. The van der Waals surface area contributed by atoms with Crippen molar-refractivity contribution in [1.82, 2.24) is 15.2 Å². The lowest BCUT2D eigenvalue weighted by atomic mass is 9.86. The van der Waals surface area contributed by atoms with Crippen LogP contribution in [0.15, 0.2) is 29.8 Å². The number of nitrogens with zero attached hydrogens (tertiary/aromatic N) is 2. The summed E-state index contributed by atoms with van der Waals surface area (Å²) in [7, 11) is 0. The van der Waals surface area contributed by atoms with Gasteiger partial charge < -0.3 is 26.2 Å². The van der Waals surface area contributed by atoms with Gasteiger partial charge in [0.2, 0.25) is 11.8 Å². The summed E-state index contributed by atoms with van der Waals surface area (Å²) in [5, 5.41) is 22.9. The highest BCUT2D eigenvalue weighted by Gasteiger charge is 2.43. The molecule has 3 rings (SSSR count). The van der Waals surface area contributed by atoms with E-state index >= 15 is 0 Å². The average Bonchev–Trinajstić information content (AvgIpc) is 3.35. The molecule has 4 atom stereocenters. The van der Waals surface area contributed by atoms with E-state index in [0.717, 1.165) is 21.7 Å². The Kier molecular flexibility index (Phi) is 7.34. The summed E-state index contributed by atoms with van der Waals surface area (Å²) in [6.45, 7) is 7.29. The molecule has 2 amide bonds. The van der Waals surface area contributed by atoms with Gasteiger partial charge in [-0.25, -0.2) is 4.98 Å². The molecule has 174 valence electrons. The van der Waals surface area contributed by atoms with Crippen LogP contribution in [0.25, 0.3) is 10.4 Å². The number of hydrogen-bond donors (Lipinski definition) is 4. The molecule has 2 heterocycles. The fraction of sp³-hybridized carbons (Fsp3) is 0.522. The Labute approximate surface area is 192 Å². The number of rotatable bonds is 6. The van der Waals surface area contributed by atoms with Crippen LogP contribution in [0.2, 0.25) is 0 Å². The van der Waals surface area contributed by atoms with Crippen LogP contribution in [0.3, 0.4) is 0 Å². The number of carbonyl (C=O) groups excluding carboxylic acids is 2. The largest absolute Gasteiger partial charge is 0.394 e. The lowest BCUT2D eigenvalue weighted by molar-refractivity contribution is -0.141. The van der Waals surface area contributed by atoms with Crippen LogP contribution in [-0.4, -0.2) is 63.3 Å². The van der Waals surface area contributed by atoms with Crippen molar-refractivity contribution in [3.63, 3.8) is 0 Å². The number of aryl methyl sites for hydroxylation is 1. The van der Waals surface area contributed by atoms with Crippen LogP contribution in [-0.2, 0) is 9.59 Å². The molecule has 1 fully saturated rings. The molecular formula is C23H32N4O4S. The molecule has 0 radical (unpaired) electrons. The van der Waals surface area contributed by atoms with E-state index in [-0.39, 0.29) is 25.5 Å². The van der Waals surface area contributed by atoms with Gasteiger partial charge in [0, 0.05) is 13.0 Å². The minimum absolute atomic E-state index is 0.0629. The van der Waals surface area contributed by atoms with Gasteiger partial charge in [-0.15, -0.1) is 11.3 Å². The fourth-order valence-corrected chi connectivity index (χ4v) is 4.61. The van der Waals surface area contributed by atoms with E-state index < -0.39 is 35.6 Å². The minimum atomic E-state index is -0.834. The first-order valence-corrected chi connectivity index (χ1v) is 11.6. The van der Waals surface area contributed by atoms with Crippen LogP contribution in [0, 0.1) is 12.3 Å². The smallest absolute Gasteiger partial charge is 0.243 e. The summed E-state index contributed by atoms with van der Waals surface area (Å²) in [4.78, 5) is 32.7. The van der Waals surface area contributed by atoms with Gasteiger partial charge in [0.25, 0.3) is 0 Å². The summed E-state index contributed by atoms with van der Waals surface area (Å²) in [6, 6.07) is 5.32. The summed E-state index contributed by atoms with van der Waals surface area (Å²) >= 11 is 1.56. The maximum absolute atomic E-state index is 13.0. The Morgan fingerprint density at radius 1 is 1.31 bits per heavy atom. The lowest BCUT2D eigenvalue weighted by Gasteiger charge is -2.33. The summed E-state index contributed by atoms with van der Waals surface area (Å²) in [5.41, 5.74) is 10.2. The number of benzene rings is 1. The van der Waals surface area contributed by atoms with Crippen LogP contribution >= 0.6 is 11.3 Å². The highest BCUT2D eigenvalue weighted by molar-refractivity contribution is 7.13. The maximum atomic E-state index is 13.0. The van der Waals surface area contributed by atoms with Crippen LogP contribution in [0.4, 0.5) is 0 Å². The van der Waals surface area contributed by atoms with E-state index in [0.29, 0.717) is 0 Å². The Balaban J connectivity index is 1.73. The molecule has 0 aliphatic carbocycles. The zero-order chi connectivity index (χ0) is 23.6. The second-order valence-electron chi connectivity index (χ2n) is 9.37. The van der Waals surface area contributed by atoms with Crippen molar-refractivity contribution in [3.8, 4) is 10.4 Å². The second kappa shape index (κ2) is 9.66. The number of β-amino-alcohol motifs (C(OH)–C–C–N with tert-alkyl or cyclic N) is 1. The van der Waals surface area contributed by atoms with Gasteiger partial charge in [0.15, 0.2) is 0 Å². The predicted molar refractivity (Wildman–Crippen MR) is 124 cm³/mol. The Morgan fingerprint density at radius 3 is 2.50 bits per heavy atom. The quantitative estimate of drug-likeness (QED) is 0.518. The van der Waals surface area contributed by atoms with E-state index in [1.807, 2.05) is 52.0 Å². The number of likely N-dealkylation sites (tertiary alicyclic amines) is 1. The molecule has 1 aromatic heterocycles. The van der Waals surface area contributed by atoms with Crippen molar-refractivity contribution >= 4 is 23.2 Å². The molecule has 1 saturated heterocycles. The van der Waals surface area contributed by atoms with Crippen molar-refractivity contribution in [3.05, 3.63) is 41.0 Å². The highest BCUT2D eigenvalue weighted by Crippen LogP contribution is 2.29. The first kappa shape index (κ1) is 24.3. The third kappa shape index (κ3) is 5.17. The third-order valence-electron chi connectivity index (χ3n) is 5.88. The number of aromatic nitrogens is 1. The minimum Gasteiger partial charge on any atom is -0.394 e. The first-order valence-electron chi connectivity index (χ1n) is 10.7. The summed E-state index contributed by atoms with van der Waals surface area (Å²) in [5.74, 6) is -0.781. The van der Waals surface area contributed by atoms with Gasteiger partial charge in [0.05, 0.1) is 40.9 Å². The molecule has 0 saturated carbocycles. The van der Waals surface area contributed by atoms with Gasteiger partial charge in [-0.3, -0.25) is 9.59 Å². The number of thiazole rings is 1. The predicted octanol–water partition coefficient (Wildman–Crippen LogP) is 1.60. The second-order valence-corrected chi connectivity index (χ2v) is 10.2. The van der Waals surface area contributed by atoms with Crippen molar-refractivity contribution in [2.45, 2.75) is 58.3 Å². The Morgan fingerprint density at radius 2 is 1.97 bits per heavy atom. The van der Waals surface area contributed by atoms with Gasteiger partial charge in [-0.2, -0.15) is 0 Å². The fourth-order valence-electron chi connectivity index (χ4n) is 3.80. The molecule has 1 aliphatic rings. The van der Waals surface area contributed by atoms with Gasteiger partial charge in [-0.1, -0.05) is 45.0 Å². The molecule has 1 aromatic carbocycles. The van der Waals surface area contributed by atoms with Crippen molar-refractivity contribution in [2.75, 3.05) is 13.2 Å². The number of hydrogen-bond acceptors (Lipinski definition) is 7. The van der Waals surface area contributed by atoms with E-state index in [1.165, 1.54) is 4.90 Å². The number of amides is 2. The van der Waals surface area contributed by atoms with Crippen molar-refractivity contribution in [1.29, 1.82) is 0 Å². The van der Waals surface area contributed by atoms with Crippen LogP contribution in [0.5, 0.6) is 0 Å². The molecule has 5 N–H and O–H groups in total. The van der Waals surface area contributed by atoms with E-state index in [9.17, 15) is 19.8 Å². The number of aliphatic hydroxyl groups is 2. The van der Waals surface area contributed by atoms with Crippen LogP contribution in [0.1, 0.15) is 44.5 Å². The average molecular weight is 461 g/mol. The molecule has 9 heteroatoms. The Hall–Kier alpha value is -2.33. The first-order chi connectivity index (χ1) is 15.0. The highest BCUT2D eigenvalue weighted by atomic mass is 32.1. The topological polar surface area (TPSA) is 129 Å². The SMILES string of the molecule is Cc1ncsc1-c1ccc(C(CO)NC(=O)C2CC(O)CN2C(=O)C(N)C(C)(C)C)cc1. The standard InChI is InChI=1S/C23H32N4O4S/c1-13-19(32-12-25-13)15-7-5-14(6-8-15)17(11-28)26-21(30)18-9-16(29)10-27(18)22(31)20(24)23(2,3)4/h5-8,12,16-18,20,28-29H,9-11,24H2,1-4H3,(H,26,30). The monoisotopic (exact) mass is 460 g/mol. The molecular weight excluding hydrogens is 428 g/mol. The van der Waals surface area contributed by atoms with Crippen LogP contribution < -0.4 is 11.1 Å².